The quantitative estimate of drug-likeness (QED) is 0.618. The molecule has 0 aromatic carbocycles. The topological polar surface area (TPSA) is 120 Å². The number of carboxylic acid groups (broad SMARTS) is 1. The van der Waals surface area contributed by atoms with Gasteiger partial charge in [-0.1, -0.05) is 0 Å². The lowest BCUT2D eigenvalue weighted by Crippen LogP contribution is -2.41. The zero-order chi connectivity index (χ0) is 13.4. The molecule has 0 fully saturated rings. The average Bonchev–Trinajstić information content (AvgIpc) is 2.78. The molecule has 2 amide bonds. The Morgan fingerprint density at radius 3 is 1.89 bits per heavy atom. The molecule has 8 heteroatoms. The van der Waals surface area contributed by atoms with Crippen molar-refractivity contribution >= 4 is 17.8 Å². The van der Waals surface area contributed by atoms with Crippen molar-refractivity contribution in [2.24, 2.45) is 0 Å². The molecule has 0 saturated heterocycles. The third kappa shape index (κ3) is 1.59. The molecule has 1 aromatic heterocycles. The van der Waals surface area contributed by atoms with E-state index in [9.17, 15) is 24.6 Å². The van der Waals surface area contributed by atoms with E-state index in [2.05, 4.69) is 0 Å². The van der Waals surface area contributed by atoms with Crippen LogP contribution < -0.4 is 0 Å². The number of aromatic hydroxyl groups is 2. The summed E-state index contributed by atoms with van der Waals surface area (Å²) in [4.78, 5) is 34.4. The summed E-state index contributed by atoms with van der Waals surface area (Å²) in [5.74, 6) is -4.39. The maximum Gasteiger partial charge on any atom is 0.348 e. The molecule has 0 saturated carbocycles. The van der Waals surface area contributed by atoms with Gasteiger partial charge < -0.3 is 15.3 Å². The fourth-order valence-corrected chi connectivity index (χ4v) is 1.67. The summed E-state index contributed by atoms with van der Waals surface area (Å²) < 4.78 is 0.561. The van der Waals surface area contributed by atoms with Crippen molar-refractivity contribution in [2.75, 3.05) is 0 Å². The molecular weight excluding hydrogens is 244 g/mol. The van der Waals surface area contributed by atoms with Crippen molar-refractivity contribution in [3.05, 3.63) is 24.3 Å². The first-order valence-electron chi connectivity index (χ1n) is 4.80. The van der Waals surface area contributed by atoms with E-state index in [0.29, 0.717) is 9.47 Å². The zero-order valence-electron chi connectivity index (χ0n) is 8.85. The normalized spacial score (nSPS) is 16.3. The Hall–Kier alpha value is -2.77. The molecule has 0 spiro atoms. The number of amides is 2. The molecule has 1 atom stereocenters. The van der Waals surface area contributed by atoms with Crippen LogP contribution >= 0.6 is 0 Å². The Balaban J connectivity index is 2.51. The number of carbonyl (C=O) groups is 3. The van der Waals surface area contributed by atoms with Crippen LogP contribution in [0.1, 0.15) is 6.17 Å². The first kappa shape index (κ1) is 11.7. The maximum atomic E-state index is 11.4. The van der Waals surface area contributed by atoms with Gasteiger partial charge in [-0.2, -0.15) is 0 Å². The van der Waals surface area contributed by atoms with Crippen LogP contribution in [0.15, 0.2) is 24.3 Å². The molecular formula is C10H8N2O6. The summed E-state index contributed by atoms with van der Waals surface area (Å²) in [6.45, 7) is 0. The first-order chi connectivity index (χ1) is 8.43. The summed E-state index contributed by atoms with van der Waals surface area (Å²) in [5, 5.41) is 28.0. The van der Waals surface area contributed by atoms with Gasteiger partial charge in [-0.25, -0.2) is 9.69 Å². The molecule has 1 aromatic rings. The van der Waals surface area contributed by atoms with Gasteiger partial charge in [0.05, 0.1) is 0 Å². The molecule has 1 aliphatic rings. The van der Waals surface area contributed by atoms with Crippen LogP contribution in [0.4, 0.5) is 0 Å². The molecule has 0 aliphatic carbocycles. The highest BCUT2D eigenvalue weighted by Gasteiger charge is 2.39. The fraction of sp³-hybridized carbons (Fsp3) is 0.100. The van der Waals surface area contributed by atoms with E-state index in [1.54, 1.807) is 0 Å². The molecule has 0 bridgehead atoms. The number of carboxylic acids is 1. The average molecular weight is 252 g/mol. The van der Waals surface area contributed by atoms with Crippen LogP contribution in [-0.2, 0) is 14.4 Å². The minimum absolute atomic E-state index is 0.418. The van der Waals surface area contributed by atoms with Crippen molar-refractivity contribution < 1.29 is 29.7 Å². The van der Waals surface area contributed by atoms with E-state index >= 15 is 0 Å². The fourth-order valence-electron chi connectivity index (χ4n) is 1.67. The predicted octanol–water partition coefficient (Wildman–Crippen LogP) is -0.593. The van der Waals surface area contributed by atoms with Crippen molar-refractivity contribution in [3.8, 4) is 11.8 Å². The van der Waals surface area contributed by atoms with E-state index in [0.717, 1.165) is 24.3 Å². The molecule has 1 aliphatic heterocycles. The Morgan fingerprint density at radius 1 is 1.06 bits per heavy atom. The highest BCUT2D eigenvalue weighted by atomic mass is 16.4. The lowest BCUT2D eigenvalue weighted by atomic mass is 10.4. The summed E-state index contributed by atoms with van der Waals surface area (Å²) in [7, 11) is 0. The van der Waals surface area contributed by atoms with Crippen LogP contribution in [0.3, 0.4) is 0 Å². The predicted molar refractivity (Wildman–Crippen MR) is 55.4 cm³/mol. The van der Waals surface area contributed by atoms with Gasteiger partial charge >= 0.3 is 5.97 Å². The molecule has 94 valence electrons. The second-order valence-electron chi connectivity index (χ2n) is 3.51. The number of nitrogens with zero attached hydrogens (tertiary/aromatic N) is 2. The van der Waals surface area contributed by atoms with Gasteiger partial charge in [0.1, 0.15) is 0 Å². The third-order valence-electron chi connectivity index (χ3n) is 2.43. The van der Waals surface area contributed by atoms with Gasteiger partial charge in [0, 0.05) is 24.3 Å². The van der Waals surface area contributed by atoms with Crippen molar-refractivity contribution in [3.63, 3.8) is 0 Å². The third-order valence-corrected chi connectivity index (χ3v) is 2.43. The van der Waals surface area contributed by atoms with Crippen molar-refractivity contribution in [1.29, 1.82) is 0 Å². The minimum Gasteiger partial charge on any atom is -0.494 e. The number of aliphatic carboxylic acids is 1. The SMILES string of the molecule is O=C(O)C(N1C(=O)C=CC1=O)n1c(O)ccc1O. The highest BCUT2D eigenvalue weighted by molar-refractivity contribution is 6.14. The van der Waals surface area contributed by atoms with Crippen LogP contribution in [0.2, 0.25) is 0 Å². The van der Waals surface area contributed by atoms with Crippen LogP contribution in [0.5, 0.6) is 11.8 Å². The number of carbonyl (C=O) groups excluding carboxylic acids is 2. The van der Waals surface area contributed by atoms with Gasteiger partial charge in [0.25, 0.3) is 11.8 Å². The molecule has 0 radical (unpaired) electrons. The van der Waals surface area contributed by atoms with Gasteiger partial charge in [-0.05, 0) is 0 Å². The lowest BCUT2D eigenvalue weighted by molar-refractivity contribution is -0.157. The van der Waals surface area contributed by atoms with Gasteiger partial charge in [-0.15, -0.1) is 0 Å². The molecule has 1 unspecified atom stereocenters. The summed E-state index contributed by atoms with van der Waals surface area (Å²) >= 11 is 0. The Morgan fingerprint density at radius 2 is 1.50 bits per heavy atom. The van der Waals surface area contributed by atoms with E-state index in [4.69, 9.17) is 5.11 Å². The standard InChI is InChI=1S/C10H8N2O6/c13-5-1-2-6(14)11(5)9(10(17)18)12-7(15)3-4-8(12)16/h1-4,9,13-14H,(H,17,18). The van der Waals surface area contributed by atoms with Gasteiger partial charge in [0.2, 0.25) is 6.17 Å². The zero-order valence-corrected chi connectivity index (χ0v) is 8.85. The minimum atomic E-state index is -1.84. The Bertz CT molecular complexity index is 535. The molecule has 18 heavy (non-hydrogen) atoms. The smallest absolute Gasteiger partial charge is 0.348 e. The second kappa shape index (κ2) is 3.91. The first-order valence-corrected chi connectivity index (χ1v) is 4.80. The number of aromatic nitrogens is 1. The Labute approximate surface area is 100.0 Å². The molecule has 3 N–H and O–H groups in total. The van der Waals surface area contributed by atoms with Crippen LogP contribution in [-0.4, -0.2) is 42.6 Å². The number of hydrogen-bond donors (Lipinski definition) is 3. The maximum absolute atomic E-state index is 11.4. The lowest BCUT2D eigenvalue weighted by Gasteiger charge is -2.24. The monoisotopic (exact) mass is 252 g/mol. The highest BCUT2D eigenvalue weighted by Crippen LogP contribution is 2.30. The van der Waals surface area contributed by atoms with Crippen LogP contribution in [0, 0.1) is 0 Å². The summed E-state index contributed by atoms with van der Waals surface area (Å²) in [6, 6.07) is 2.09. The number of imide groups is 1. The Kier molecular flexibility index (Phi) is 2.55. The molecule has 2 heterocycles. The molecule has 2 rings (SSSR count). The van der Waals surface area contributed by atoms with Crippen LogP contribution in [0.25, 0.3) is 0 Å². The second-order valence-corrected chi connectivity index (χ2v) is 3.51. The van der Waals surface area contributed by atoms with Gasteiger partial charge in [-0.3, -0.25) is 14.2 Å². The van der Waals surface area contributed by atoms with Crippen molar-refractivity contribution in [2.45, 2.75) is 6.17 Å². The summed E-state index contributed by atoms with van der Waals surface area (Å²) in [5.41, 5.74) is 0. The largest absolute Gasteiger partial charge is 0.494 e. The number of hydrogen-bond acceptors (Lipinski definition) is 5. The van der Waals surface area contributed by atoms with E-state index in [-0.39, 0.29) is 0 Å². The van der Waals surface area contributed by atoms with E-state index in [1.807, 2.05) is 0 Å². The summed E-state index contributed by atoms with van der Waals surface area (Å²) in [6.07, 6.45) is -0.0128. The van der Waals surface area contributed by atoms with Crippen molar-refractivity contribution in [1.82, 2.24) is 9.47 Å². The van der Waals surface area contributed by atoms with Gasteiger partial charge in [0.15, 0.2) is 11.8 Å². The molecule has 8 nitrogen and oxygen atoms in total. The van der Waals surface area contributed by atoms with E-state index < -0.39 is 35.7 Å². The van der Waals surface area contributed by atoms with E-state index in [1.165, 1.54) is 0 Å². The number of rotatable bonds is 3.